The molecule has 1 aliphatic rings. The molecule has 1 N–H and O–H groups in total. The fourth-order valence-electron chi connectivity index (χ4n) is 3.07. The van der Waals surface area contributed by atoms with Crippen LogP contribution in [-0.2, 0) is 24.6 Å². The van der Waals surface area contributed by atoms with Crippen molar-refractivity contribution in [1.29, 1.82) is 0 Å². The number of hydrogen-bond donors (Lipinski definition) is 1. The van der Waals surface area contributed by atoms with Gasteiger partial charge in [0.15, 0.2) is 5.69 Å². The van der Waals surface area contributed by atoms with Crippen LogP contribution < -0.4 is 5.32 Å². The number of carbonyl (C=O) groups excluding carboxylic acids is 1. The summed E-state index contributed by atoms with van der Waals surface area (Å²) in [6, 6.07) is 5.59. The minimum absolute atomic E-state index is 0.0752. The average molecular weight is 489 g/mol. The molecule has 13 heteroatoms. The van der Waals surface area contributed by atoms with Crippen LogP contribution in [0.3, 0.4) is 0 Å². The first-order valence-corrected chi connectivity index (χ1v) is 12.9. The van der Waals surface area contributed by atoms with Crippen LogP contribution in [0.5, 0.6) is 0 Å². The predicted molar refractivity (Wildman–Crippen MR) is 113 cm³/mol. The first-order chi connectivity index (χ1) is 14.4. The molecular formula is C18H21ClN4O6S2. The molecule has 10 nitrogen and oxygen atoms in total. The van der Waals surface area contributed by atoms with Gasteiger partial charge in [-0.3, -0.25) is 4.79 Å². The lowest BCUT2D eigenvalue weighted by atomic mass is 10.3. The van der Waals surface area contributed by atoms with Crippen molar-refractivity contribution in [3.63, 3.8) is 0 Å². The second-order valence-corrected chi connectivity index (χ2v) is 11.4. The maximum absolute atomic E-state index is 12.9. The Labute approximate surface area is 185 Å². The van der Waals surface area contributed by atoms with Crippen molar-refractivity contribution in [1.82, 2.24) is 14.3 Å². The number of aromatic nitrogens is 2. The van der Waals surface area contributed by atoms with E-state index in [2.05, 4.69) is 15.3 Å². The van der Waals surface area contributed by atoms with E-state index >= 15 is 0 Å². The highest BCUT2D eigenvalue weighted by atomic mass is 35.5. The zero-order valence-corrected chi connectivity index (χ0v) is 19.3. The zero-order chi connectivity index (χ0) is 23.0. The molecular weight excluding hydrogens is 468 g/mol. The average Bonchev–Trinajstić information content (AvgIpc) is 2.67. The first-order valence-electron chi connectivity index (χ1n) is 9.17. The van der Waals surface area contributed by atoms with E-state index in [0.717, 1.165) is 12.5 Å². The van der Waals surface area contributed by atoms with Crippen LogP contribution >= 0.6 is 11.6 Å². The molecule has 3 rings (SSSR count). The van der Waals surface area contributed by atoms with Crippen molar-refractivity contribution < 1.29 is 26.4 Å². The molecule has 0 unspecified atom stereocenters. The minimum atomic E-state index is -3.73. The summed E-state index contributed by atoms with van der Waals surface area (Å²) in [4.78, 5) is 19.9. The summed E-state index contributed by atoms with van der Waals surface area (Å²) in [5, 5.41) is 1.86. The molecule has 0 spiro atoms. The van der Waals surface area contributed by atoms with Gasteiger partial charge in [0, 0.05) is 25.0 Å². The van der Waals surface area contributed by atoms with Crippen molar-refractivity contribution in [2.75, 3.05) is 24.7 Å². The Kier molecular flexibility index (Phi) is 6.67. The Balaban J connectivity index is 1.79. The normalized spacial score (nSPS) is 20.4. The van der Waals surface area contributed by atoms with E-state index in [1.807, 2.05) is 13.8 Å². The third-order valence-electron chi connectivity index (χ3n) is 4.40. The molecule has 0 bridgehead atoms. The number of morpholine rings is 1. The fourth-order valence-corrected chi connectivity index (χ4v) is 5.33. The van der Waals surface area contributed by atoms with Gasteiger partial charge in [0.2, 0.25) is 25.0 Å². The summed E-state index contributed by atoms with van der Waals surface area (Å²) < 4.78 is 56.0. The smallest absolute Gasteiger partial charge is 0.275 e. The Morgan fingerprint density at radius 2 is 1.71 bits per heavy atom. The van der Waals surface area contributed by atoms with Crippen LogP contribution in [0.2, 0.25) is 5.02 Å². The van der Waals surface area contributed by atoms with Gasteiger partial charge in [0.1, 0.15) is 0 Å². The van der Waals surface area contributed by atoms with Crippen LogP contribution in [0.1, 0.15) is 24.3 Å². The molecule has 168 valence electrons. The number of hydrogen-bond acceptors (Lipinski definition) is 8. The number of carbonyl (C=O) groups is 1. The second kappa shape index (κ2) is 8.79. The topological polar surface area (TPSA) is 136 Å². The molecule has 2 aromatic rings. The SMILES string of the molecule is C[C@@H]1CN(S(=O)(=O)c2ccc(NC(=O)c3nc(S(C)(=O)=O)ncc3Cl)cc2)C[C@H](C)O1. The fraction of sp³-hybridized carbons (Fsp3) is 0.389. The number of amides is 1. The van der Waals surface area contributed by atoms with E-state index in [1.54, 1.807) is 0 Å². The summed E-state index contributed by atoms with van der Waals surface area (Å²) in [6.45, 7) is 4.12. The highest BCUT2D eigenvalue weighted by Gasteiger charge is 2.32. The van der Waals surface area contributed by atoms with Crippen molar-refractivity contribution in [2.24, 2.45) is 0 Å². The lowest BCUT2D eigenvalue weighted by molar-refractivity contribution is -0.0440. The molecule has 0 saturated carbocycles. The number of nitrogens with one attached hydrogen (secondary N) is 1. The Morgan fingerprint density at radius 3 is 2.26 bits per heavy atom. The predicted octanol–water partition coefficient (Wildman–Crippen LogP) is 1.58. The highest BCUT2D eigenvalue weighted by molar-refractivity contribution is 7.90. The van der Waals surface area contributed by atoms with E-state index in [-0.39, 0.29) is 46.6 Å². The molecule has 1 fully saturated rings. The van der Waals surface area contributed by atoms with E-state index in [9.17, 15) is 21.6 Å². The molecule has 2 atom stereocenters. The van der Waals surface area contributed by atoms with Crippen molar-refractivity contribution in [3.8, 4) is 0 Å². The maximum atomic E-state index is 12.9. The second-order valence-electron chi connectivity index (χ2n) is 7.18. The number of ether oxygens (including phenoxy) is 1. The largest absolute Gasteiger partial charge is 0.373 e. The van der Waals surface area contributed by atoms with E-state index in [1.165, 1.54) is 28.6 Å². The van der Waals surface area contributed by atoms with Gasteiger partial charge >= 0.3 is 0 Å². The molecule has 1 aliphatic heterocycles. The van der Waals surface area contributed by atoms with Crippen molar-refractivity contribution in [3.05, 3.63) is 41.2 Å². The summed E-state index contributed by atoms with van der Waals surface area (Å²) >= 11 is 5.93. The van der Waals surface area contributed by atoms with Gasteiger partial charge in [-0.1, -0.05) is 11.6 Å². The molecule has 1 saturated heterocycles. The van der Waals surface area contributed by atoms with E-state index in [4.69, 9.17) is 16.3 Å². The molecule has 1 aromatic carbocycles. The Morgan fingerprint density at radius 1 is 1.13 bits per heavy atom. The van der Waals surface area contributed by atoms with Gasteiger partial charge in [0.05, 0.1) is 28.3 Å². The van der Waals surface area contributed by atoms with Crippen LogP contribution in [0.15, 0.2) is 40.5 Å². The van der Waals surface area contributed by atoms with E-state index in [0.29, 0.717) is 0 Å². The quantitative estimate of drug-likeness (QED) is 0.626. The molecule has 1 aromatic heterocycles. The number of sulfone groups is 1. The lowest BCUT2D eigenvalue weighted by Crippen LogP contribution is -2.48. The number of anilines is 1. The number of nitrogens with zero attached hydrogens (tertiary/aromatic N) is 3. The van der Waals surface area contributed by atoms with Gasteiger partial charge in [-0.25, -0.2) is 26.8 Å². The van der Waals surface area contributed by atoms with Gasteiger partial charge < -0.3 is 10.1 Å². The van der Waals surface area contributed by atoms with Crippen LogP contribution in [0.25, 0.3) is 0 Å². The molecule has 0 aliphatic carbocycles. The maximum Gasteiger partial charge on any atom is 0.275 e. The highest BCUT2D eigenvalue weighted by Crippen LogP contribution is 2.23. The summed E-state index contributed by atoms with van der Waals surface area (Å²) in [7, 11) is -7.45. The standard InChI is InChI=1S/C18H21ClN4O6S2/c1-11-9-23(10-12(2)29-11)31(27,28)14-6-4-13(5-7-14)21-17(24)16-15(19)8-20-18(22-16)30(3,25)26/h4-8,11-12H,9-10H2,1-3H3,(H,21,24)/t11-,12+. The van der Waals surface area contributed by atoms with Crippen LogP contribution in [-0.4, -0.2) is 68.6 Å². The number of benzene rings is 1. The van der Waals surface area contributed by atoms with Gasteiger partial charge in [-0.2, -0.15) is 4.31 Å². The van der Waals surface area contributed by atoms with Crippen LogP contribution in [0.4, 0.5) is 5.69 Å². The summed E-state index contributed by atoms with van der Waals surface area (Å²) in [6.07, 6.45) is 1.51. The number of sulfonamides is 1. The van der Waals surface area contributed by atoms with Gasteiger partial charge in [-0.05, 0) is 38.1 Å². The van der Waals surface area contributed by atoms with Gasteiger partial charge in [-0.15, -0.1) is 0 Å². The molecule has 0 radical (unpaired) electrons. The summed E-state index contributed by atoms with van der Waals surface area (Å²) in [5.41, 5.74) is -0.0340. The molecule has 31 heavy (non-hydrogen) atoms. The third kappa shape index (κ3) is 5.39. The third-order valence-corrected chi connectivity index (χ3v) is 7.39. The number of halogens is 1. The lowest BCUT2D eigenvalue weighted by Gasteiger charge is -2.34. The monoisotopic (exact) mass is 488 g/mol. The Hall–Kier alpha value is -2.12. The zero-order valence-electron chi connectivity index (χ0n) is 16.9. The van der Waals surface area contributed by atoms with Crippen molar-refractivity contribution >= 4 is 43.1 Å². The van der Waals surface area contributed by atoms with Gasteiger partial charge in [0.25, 0.3) is 5.91 Å². The molecule has 2 heterocycles. The summed E-state index contributed by atoms with van der Waals surface area (Å²) in [5.74, 6) is -0.760. The van der Waals surface area contributed by atoms with E-state index < -0.39 is 30.9 Å². The van der Waals surface area contributed by atoms with Crippen molar-refractivity contribution in [2.45, 2.75) is 36.1 Å². The molecule has 1 amide bonds. The first kappa shape index (κ1) is 23.5. The Bertz CT molecular complexity index is 1190. The van der Waals surface area contributed by atoms with Crippen LogP contribution in [0, 0.1) is 0 Å². The minimum Gasteiger partial charge on any atom is -0.373 e. The number of rotatable bonds is 5.